The Morgan fingerprint density at radius 1 is 1.00 bits per heavy atom. The number of nitrogens with one attached hydrogen (secondary N) is 1. The molecule has 0 saturated heterocycles. The molecule has 1 atom stereocenters. The molecule has 0 aliphatic heterocycles. The molecule has 80 valence electrons. The van der Waals surface area contributed by atoms with Gasteiger partial charge in [-0.05, 0) is 19.4 Å². The molecule has 0 aromatic rings. The fourth-order valence-electron chi connectivity index (χ4n) is 1.38. The van der Waals surface area contributed by atoms with E-state index in [1.54, 1.807) is 0 Å². The fourth-order valence-corrected chi connectivity index (χ4v) is 1.38. The molecule has 0 amide bonds. The van der Waals surface area contributed by atoms with Gasteiger partial charge in [0.1, 0.15) is 0 Å². The second-order valence-electron chi connectivity index (χ2n) is 3.76. The molecule has 0 aromatic carbocycles. The summed E-state index contributed by atoms with van der Waals surface area (Å²) in [7, 11) is 0. The molecule has 0 radical (unpaired) electrons. The first-order valence-electron chi connectivity index (χ1n) is 5.80. The van der Waals surface area contributed by atoms with Gasteiger partial charge in [0.25, 0.3) is 0 Å². The minimum absolute atomic E-state index is 0.225. The van der Waals surface area contributed by atoms with Crippen LogP contribution in [0.5, 0.6) is 0 Å². The Balaban J connectivity index is 3.05. The number of nitrogens with two attached hydrogens (primary N) is 1. The Hall–Kier alpha value is -0.0800. The summed E-state index contributed by atoms with van der Waals surface area (Å²) in [6, 6.07) is 0. The zero-order chi connectivity index (χ0) is 9.94. The van der Waals surface area contributed by atoms with Crippen molar-refractivity contribution < 1.29 is 0 Å². The maximum atomic E-state index is 5.89. The second-order valence-corrected chi connectivity index (χ2v) is 3.76. The fraction of sp³-hybridized carbons (Fsp3) is 1.00. The standard InChI is InChI=1S/C11H26N2/c1-3-5-7-9-11(12)13-10-8-6-4-2/h11,13H,3-10,12H2,1-2H3. The third-order valence-electron chi connectivity index (χ3n) is 2.31. The van der Waals surface area contributed by atoms with Crippen molar-refractivity contribution in [3.8, 4) is 0 Å². The zero-order valence-electron chi connectivity index (χ0n) is 9.31. The molecule has 0 aliphatic rings. The van der Waals surface area contributed by atoms with Gasteiger partial charge in [0.15, 0.2) is 0 Å². The van der Waals surface area contributed by atoms with E-state index in [1.165, 1.54) is 38.5 Å². The largest absolute Gasteiger partial charge is 0.316 e. The number of rotatable bonds is 9. The van der Waals surface area contributed by atoms with E-state index in [4.69, 9.17) is 5.73 Å². The van der Waals surface area contributed by atoms with E-state index in [2.05, 4.69) is 19.2 Å². The molecule has 1 unspecified atom stereocenters. The van der Waals surface area contributed by atoms with Crippen LogP contribution in [0.4, 0.5) is 0 Å². The average molecular weight is 186 g/mol. The quantitative estimate of drug-likeness (QED) is 0.429. The van der Waals surface area contributed by atoms with Crippen LogP contribution in [0, 0.1) is 0 Å². The second kappa shape index (κ2) is 10.0. The highest BCUT2D eigenvalue weighted by Gasteiger charge is 1.99. The lowest BCUT2D eigenvalue weighted by atomic mass is 10.2. The lowest BCUT2D eigenvalue weighted by Gasteiger charge is -2.12. The highest BCUT2D eigenvalue weighted by atomic mass is 15.0. The SMILES string of the molecule is CCCCCNC(N)CCCCC. The Morgan fingerprint density at radius 3 is 2.23 bits per heavy atom. The molecule has 2 heteroatoms. The highest BCUT2D eigenvalue weighted by Crippen LogP contribution is 2.00. The normalized spacial score (nSPS) is 13.2. The Labute approximate surface area is 83.3 Å². The molecule has 0 aliphatic carbocycles. The van der Waals surface area contributed by atoms with Crippen LogP contribution in [-0.2, 0) is 0 Å². The van der Waals surface area contributed by atoms with Gasteiger partial charge in [0.2, 0.25) is 0 Å². The number of unbranched alkanes of at least 4 members (excludes halogenated alkanes) is 4. The van der Waals surface area contributed by atoms with Gasteiger partial charge in [0.05, 0.1) is 6.17 Å². The molecule has 0 bridgehead atoms. The molecule has 0 aromatic heterocycles. The lowest BCUT2D eigenvalue weighted by molar-refractivity contribution is 0.461. The van der Waals surface area contributed by atoms with E-state index in [9.17, 15) is 0 Å². The summed E-state index contributed by atoms with van der Waals surface area (Å²) in [5, 5.41) is 3.35. The summed E-state index contributed by atoms with van der Waals surface area (Å²) < 4.78 is 0. The van der Waals surface area contributed by atoms with Crippen LogP contribution in [0.15, 0.2) is 0 Å². The summed E-state index contributed by atoms with van der Waals surface area (Å²) in [5.41, 5.74) is 5.89. The minimum Gasteiger partial charge on any atom is -0.316 e. The molecule has 2 nitrogen and oxygen atoms in total. The van der Waals surface area contributed by atoms with Gasteiger partial charge >= 0.3 is 0 Å². The van der Waals surface area contributed by atoms with Crippen LogP contribution in [0.1, 0.15) is 58.8 Å². The Kier molecular flexibility index (Phi) is 9.94. The van der Waals surface area contributed by atoms with Crippen molar-refractivity contribution >= 4 is 0 Å². The van der Waals surface area contributed by atoms with Crippen LogP contribution >= 0.6 is 0 Å². The van der Waals surface area contributed by atoms with E-state index < -0.39 is 0 Å². The van der Waals surface area contributed by atoms with Crippen LogP contribution in [0.3, 0.4) is 0 Å². The van der Waals surface area contributed by atoms with Crippen molar-refractivity contribution in [2.45, 2.75) is 65.0 Å². The third kappa shape index (κ3) is 9.84. The van der Waals surface area contributed by atoms with Crippen molar-refractivity contribution in [3.05, 3.63) is 0 Å². The summed E-state index contributed by atoms with van der Waals surface area (Å²) in [6.07, 6.45) is 9.06. The zero-order valence-corrected chi connectivity index (χ0v) is 9.31. The van der Waals surface area contributed by atoms with Gasteiger partial charge in [-0.15, -0.1) is 0 Å². The van der Waals surface area contributed by atoms with E-state index in [0.717, 1.165) is 13.0 Å². The summed E-state index contributed by atoms with van der Waals surface area (Å²) in [4.78, 5) is 0. The Bertz CT molecular complexity index is 94.1. The molecule has 0 saturated carbocycles. The van der Waals surface area contributed by atoms with Crippen LogP contribution in [-0.4, -0.2) is 12.7 Å². The summed E-state index contributed by atoms with van der Waals surface area (Å²) in [6.45, 7) is 5.53. The first-order valence-corrected chi connectivity index (χ1v) is 5.80. The van der Waals surface area contributed by atoms with E-state index in [-0.39, 0.29) is 6.17 Å². The van der Waals surface area contributed by atoms with E-state index >= 15 is 0 Å². The minimum atomic E-state index is 0.225. The van der Waals surface area contributed by atoms with Crippen molar-refractivity contribution in [3.63, 3.8) is 0 Å². The molecule has 0 heterocycles. The van der Waals surface area contributed by atoms with Crippen molar-refractivity contribution in [2.75, 3.05) is 6.54 Å². The molecule has 13 heavy (non-hydrogen) atoms. The number of hydrogen-bond acceptors (Lipinski definition) is 2. The van der Waals surface area contributed by atoms with E-state index in [0.29, 0.717) is 0 Å². The third-order valence-corrected chi connectivity index (χ3v) is 2.31. The van der Waals surface area contributed by atoms with Crippen molar-refractivity contribution in [1.82, 2.24) is 5.32 Å². The van der Waals surface area contributed by atoms with Gasteiger partial charge in [-0.2, -0.15) is 0 Å². The van der Waals surface area contributed by atoms with Gasteiger partial charge in [-0.25, -0.2) is 0 Å². The van der Waals surface area contributed by atoms with Crippen LogP contribution in [0.2, 0.25) is 0 Å². The molecular weight excluding hydrogens is 160 g/mol. The maximum absolute atomic E-state index is 5.89. The topological polar surface area (TPSA) is 38.0 Å². The number of hydrogen-bond donors (Lipinski definition) is 2. The molecule has 0 rings (SSSR count). The molecular formula is C11H26N2. The average Bonchev–Trinajstić information content (AvgIpc) is 2.13. The summed E-state index contributed by atoms with van der Waals surface area (Å²) in [5.74, 6) is 0. The first-order chi connectivity index (χ1) is 6.31. The van der Waals surface area contributed by atoms with E-state index in [1.807, 2.05) is 0 Å². The lowest BCUT2D eigenvalue weighted by Crippen LogP contribution is -2.37. The van der Waals surface area contributed by atoms with Crippen LogP contribution in [0.25, 0.3) is 0 Å². The molecule has 0 spiro atoms. The smallest absolute Gasteiger partial charge is 0.0546 e. The first kappa shape index (κ1) is 12.9. The predicted octanol–water partition coefficient (Wildman–Crippen LogP) is 2.63. The summed E-state index contributed by atoms with van der Waals surface area (Å²) >= 11 is 0. The van der Waals surface area contributed by atoms with Gasteiger partial charge in [0, 0.05) is 0 Å². The Morgan fingerprint density at radius 2 is 1.62 bits per heavy atom. The maximum Gasteiger partial charge on any atom is 0.0546 e. The van der Waals surface area contributed by atoms with Crippen molar-refractivity contribution in [2.24, 2.45) is 5.73 Å². The predicted molar refractivity (Wildman–Crippen MR) is 59.6 cm³/mol. The van der Waals surface area contributed by atoms with Crippen molar-refractivity contribution in [1.29, 1.82) is 0 Å². The van der Waals surface area contributed by atoms with Crippen LogP contribution < -0.4 is 11.1 Å². The van der Waals surface area contributed by atoms with Gasteiger partial charge < -0.3 is 11.1 Å². The van der Waals surface area contributed by atoms with Gasteiger partial charge in [-0.3, -0.25) is 0 Å². The monoisotopic (exact) mass is 186 g/mol. The van der Waals surface area contributed by atoms with Gasteiger partial charge in [-0.1, -0.05) is 46.0 Å². The molecule has 3 N–H and O–H groups in total. The highest BCUT2D eigenvalue weighted by molar-refractivity contribution is 4.58. The molecule has 0 fully saturated rings.